The van der Waals surface area contributed by atoms with Crippen molar-refractivity contribution in [2.45, 2.75) is 51.0 Å². The minimum Gasteiger partial charge on any atom is -0.477 e. The highest BCUT2D eigenvalue weighted by Crippen LogP contribution is 2.29. The normalized spacial score (nSPS) is 16.2. The molecule has 1 aromatic heterocycles. The van der Waals surface area contributed by atoms with Gasteiger partial charge < -0.3 is 15.7 Å². The molecule has 1 aliphatic carbocycles. The predicted molar refractivity (Wildman–Crippen MR) is 87.8 cm³/mol. The van der Waals surface area contributed by atoms with Crippen molar-refractivity contribution in [2.75, 3.05) is 6.54 Å². The van der Waals surface area contributed by atoms with Crippen LogP contribution in [0.3, 0.4) is 0 Å². The molecular formula is C17H23N3O4. The molecule has 7 heteroatoms. The third kappa shape index (κ3) is 4.10. The summed E-state index contributed by atoms with van der Waals surface area (Å²) in [6.07, 6.45) is 6.08. The summed E-state index contributed by atoms with van der Waals surface area (Å²) in [6.45, 7) is 2.55. The number of nitrogens with one attached hydrogen (secondary N) is 2. The fraction of sp³-hybridized carbons (Fsp3) is 0.529. The molecule has 2 rings (SSSR count). The summed E-state index contributed by atoms with van der Waals surface area (Å²) in [5.41, 5.74) is -0.774. The summed E-state index contributed by atoms with van der Waals surface area (Å²) in [7, 11) is 0. The van der Waals surface area contributed by atoms with E-state index < -0.39 is 17.4 Å². The van der Waals surface area contributed by atoms with Crippen molar-refractivity contribution in [3.8, 4) is 0 Å². The lowest BCUT2D eigenvalue weighted by Crippen LogP contribution is -2.59. The number of amides is 2. The van der Waals surface area contributed by atoms with Crippen molar-refractivity contribution in [1.29, 1.82) is 0 Å². The van der Waals surface area contributed by atoms with Crippen LogP contribution in [0.1, 0.15) is 66.3 Å². The SMILES string of the molecule is CCCNC(=O)C1(NC(=O)c2ccc(C(=O)O)nc2)CCCCC1. The fourth-order valence-electron chi connectivity index (χ4n) is 2.92. The zero-order valence-corrected chi connectivity index (χ0v) is 13.8. The van der Waals surface area contributed by atoms with E-state index in [-0.39, 0.29) is 17.2 Å². The molecule has 0 unspecified atom stereocenters. The van der Waals surface area contributed by atoms with Crippen LogP contribution in [0.2, 0.25) is 0 Å². The molecule has 130 valence electrons. The van der Waals surface area contributed by atoms with Crippen molar-refractivity contribution in [3.63, 3.8) is 0 Å². The van der Waals surface area contributed by atoms with Gasteiger partial charge in [-0.1, -0.05) is 26.2 Å². The van der Waals surface area contributed by atoms with Crippen LogP contribution < -0.4 is 10.6 Å². The molecule has 0 aromatic carbocycles. The number of nitrogens with zero attached hydrogens (tertiary/aromatic N) is 1. The van der Waals surface area contributed by atoms with Crippen molar-refractivity contribution in [2.24, 2.45) is 0 Å². The Morgan fingerprint density at radius 2 is 1.92 bits per heavy atom. The maximum absolute atomic E-state index is 12.6. The number of hydrogen-bond acceptors (Lipinski definition) is 4. The highest BCUT2D eigenvalue weighted by Gasteiger charge is 2.40. The van der Waals surface area contributed by atoms with Gasteiger partial charge in [-0.2, -0.15) is 0 Å². The van der Waals surface area contributed by atoms with E-state index >= 15 is 0 Å². The molecule has 1 aromatic rings. The number of rotatable bonds is 6. The Hall–Kier alpha value is -2.44. The maximum atomic E-state index is 12.6. The van der Waals surface area contributed by atoms with Crippen LogP contribution >= 0.6 is 0 Å². The van der Waals surface area contributed by atoms with Gasteiger partial charge in [0.15, 0.2) is 0 Å². The summed E-state index contributed by atoms with van der Waals surface area (Å²) in [5, 5.41) is 14.6. The molecule has 0 bridgehead atoms. The molecule has 1 heterocycles. The Labute approximate surface area is 140 Å². The fourth-order valence-corrected chi connectivity index (χ4v) is 2.92. The molecule has 1 aliphatic rings. The van der Waals surface area contributed by atoms with Crippen LogP contribution in [0.5, 0.6) is 0 Å². The van der Waals surface area contributed by atoms with Crippen molar-refractivity contribution < 1.29 is 19.5 Å². The number of hydrogen-bond donors (Lipinski definition) is 3. The van der Waals surface area contributed by atoms with Gasteiger partial charge in [0.2, 0.25) is 5.91 Å². The van der Waals surface area contributed by atoms with E-state index in [9.17, 15) is 14.4 Å². The molecule has 0 saturated heterocycles. The standard InChI is InChI=1S/C17H23N3O4/c1-2-10-18-16(24)17(8-4-3-5-9-17)20-14(21)12-6-7-13(15(22)23)19-11-12/h6-7,11H,2-5,8-10H2,1H3,(H,18,24)(H,20,21)(H,22,23). The molecule has 7 nitrogen and oxygen atoms in total. The van der Waals surface area contributed by atoms with Gasteiger partial charge in [-0.05, 0) is 31.4 Å². The molecule has 0 spiro atoms. The van der Waals surface area contributed by atoms with Crippen molar-refractivity contribution >= 4 is 17.8 Å². The first-order valence-corrected chi connectivity index (χ1v) is 8.28. The molecule has 0 radical (unpaired) electrons. The summed E-state index contributed by atoms with van der Waals surface area (Å²) >= 11 is 0. The minimum absolute atomic E-state index is 0.125. The topological polar surface area (TPSA) is 108 Å². The average molecular weight is 333 g/mol. The van der Waals surface area contributed by atoms with Crippen molar-refractivity contribution in [1.82, 2.24) is 15.6 Å². The highest BCUT2D eigenvalue weighted by atomic mass is 16.4. The van der Waals surface area contributed by atoms with E-state index in [1.165, 1.54) is 18.3 Å². The lowest BCUT2D eigenvalue weighted by molar-refractivity contribution is -0.128. The Morgan fingerprint density at radius 3 is 2.46 bits per heavy atom. The van der Waals surface area contributed by atoms with E-state index in [1.807, 2.05) is 6.92 Å². The second-order valence-electron chi connectivity index (χ2n) is 6.09. The van der Waals surface area contributed by atoms with Crippen LogP contribution in [0.25, 0.3) is 0 Å². The maximum Gasteiger partial charge on any atom is 0.354 e. The van der Waals surface area contributed by atoms with Crippen LogP contribution in [0.15, 0.2) is 18.3 Å². The lowest BCUT2D eigenvalue weighted by atomic mass is 9.80. The average Bonchev–Trinajstić information content (AvgIpc) is 2.60. The van der Waals surface area contributed by atoms with Gasteiger partial charge in [0.1, 0.15) is 11.2 Å². The molecule has 1 saturated carbocycles. The quantitative estimate of drug-likeness (QED) is 0.735. The molecule has 0 atom stereocenters. The van der Waals surface area contributed by atoms with Gasteiger partial charge in [-0.15, -0.1) is 0 Å². The number of carbonyl (C=O) groups is 3. The predicted octanol–water partition coefficient (Wildman–Crippen LogP) is 1.74. The largest absolute Gasteiger partial charge is 0.477 e. The summed E-state index contributed by atoms with van der Waals surface area (Å²) in [6, 6.07) is 2.69. The number of aromatic carboxylic acids is 1. The number of pyridine rings is 1. The second kappa shape index (κ2) is 7.90. The van der Waals surface area contributed by atoms with E-state index in [0.717, 1.165) is 25.7 Å². The first-order chi connectivity index (χ1) is 11.5. The third-order valence-corrected chi connectivity index (χ3v) is 4.27. The van der Waals surface area contributed by atoms with Gasteiger partial charge in [0.05, 0.1) is 5.56 Å². The Bertz CT molecular complexity index is 607. The zero-order valence-electron chi connectivity index (χ0n) is 13.8. The summed E-state index contributed by atoms with van der Waals surface area (Å²) in [5.74, 6) is -1.70. The third-order valence-electron chi connectivity index (χ3n) is 4.27. The molecular weight excluding hydrogens is 310 g/mol. The summed E-state index contributed by atoms with van der Waals surface area (Å²) in [4.78, 5) is 39.6. The molecule has 24 heavy (non-hydrogen) atoms. The lowest BCUT2D eigenvalue weighted by Gasteiger charge is -2.36. The van der Waals surface area contributed by atoms with Gasteiger partial charge in [-0.25, -0.2) is 9.78 Å². The second-order valence-corrected chi connectivity index (χ2v) is 6.09. The first-order valence-electron chi connectivity index (χ1n) is 8.28. The Balaban J connectivity index is 2.14. The van der Waals surface area contributed by atoms with Gasteiger partial charge in [0.25, 0.3) is 5.91 Å². The van der Waals surface area contributed by atoms with Crippen LogP contribution in [-0.2, 0) is 4.79 Å². The molecule has 3 N–H and O–H groups in total. The minimum atomic E-state index is -1.15. The summed E-state index contributed by atoms with van der Waals surface area (Å²) < 4.78 is 0. The number of aromatic nitrogens is 1. The van der Waals surface area contributed by atoms with Crippen LogP contribution in [0.4, 0.5) is 0 Å². The molecule has 2 amide bonds. The highest BCUT2D eigenvalue weighted by molar-refractivity contribution is 5.99. The van der Waals surface area contributed by atoms with E-state index in [1.54, 1.807) is 0 Å². The van der Waals surface area contributed by atoms with E-state index in [2.05, 4.69) is 15.6 Å². The number of carboxylic acid groups (broad SMARTS) is 1. The van der Waals surface area contributed by atoms with E-state index in [4.69, 9.17) is 5.11 Å². The zero-order chi connectivity index (χ0) is 17.6. The Morgan fingerprint density at radius 1 is 1.21 bits per heavy atom. The molecule has 1 fully saturated rings. The molecule has 0 aliphatic heterocycles. The van der Waals surface area contributed by atoms with E-state index in [0.29, 0.717) is 19.4 Å². The number of carbonyl (C=O) groups excluding carboxylic acids is 2. The monoisotopic (exact) mass is 333 g/mol. The van der Waals surface area contributed by atoms with Crippen LogP contribution in [0, 0.1) is 0 Å². The van der Waals surface area contributed by atoms with Gasteiger partial charge >= 0.3 is 5.97 Å². The van der Waals surface area contributed by atoms with Crippen molar-refractivity contribution in [3.05, 3.63) is 29.6 Å². The first kappa shape index (κ1) is 17.9. The van der Waals surface area contributed by atoms with Gasteiger partial charge in [0, 0.05) is 12.7 Å². The smallest absolute Gasteiger partial charge is 0.354 e. The number of carboxylic acids is 1. The van der Waals surface area contributed by atoms with Crippen LogP contribution in [-0.4, -0.2) is 40.0 Å². The Kier molecular flexibility index (Phi) is 5.89. The van der Waals surface area contributed by atoms with Gasteiger partial charge in [-0.3, -0.25) is 9.59 Å².